The second-order valence-electron chi connectivity index (χ2n) is 13.1. The molecule has 0 unspecified atom stereocenters. The van der Waals surface area contributed by atoms with E-state index in [1.807, 2.05) is 72.0 Å². The van der Waals surface area contributed by atoms with Crippen molar-refractivity contribution in [2.75, 3.05) is 0 Å². The van der Waals surface area contributed by atoms with Gasteiger partial charge in [-0.25, -0.2) is 19.9 Å². The zero-order valence-corrected chi connectivity index (χ0v) is 29.3. The van der Waals surface area contributed by atoms with Crippen molar-refractivity contribution in [3.05, 3.63) is 182 Å². The second kappa shape index (κ2) is 13.1. The fraction of sp³-hybridized carbons (Fsp3) is 0. The van der Waals surface area contributed by atoms with Crippen LogP contribution < -0.4 is 0 Å². The van der Waals surface area contributed by atoms with E-state index in [4.69, 9.17) is 19.9 Å². The van der Waals surface area contributed by atoms with Gasteiger partial charge in [-0.3, -0.25) is 0 Å². The molecule has 0 saturated heterocycles. The van der Waals surface area contributed by atoms with E-state index in [-0.39, 0.29) is 0 Å². The Hall–Kier alpha value is -6.82. The number of nitrogens with zero attached hydrogens (tertiary/aromatic N) is 4. The molecule has 0 aliphatic heterocycles. The van der Waals surface area contributed by atoms with E-state index in [0.717, 1.165) is 55.7 Å². The molecule has 7 aromatic carbocycles. The quantitative estimate of drug-likeness (QED) is 0.174. The Morgan fingerprint density at radius 1 is 0.321 bits per heavy atom. The summed E-state index contributed by atoms with van der Waals surface area (Å²) in [6.07, 6.45) is 0. The van der Waals surface area contributed by atoms with Gasteiger partial charge in [0.05, 0.1) is 11.2 Å². The zero-order chi connectivity index (χ0) is 35.1. The number of rotatable bonds is 6. The van der Waals surface area contributed by atoms with Gasteiger partial charge in [-0.05, 0) is 34.4 Å². The fourth-order valence-electron chi connectivity index (χ4n) is 7.05. The maximum atomic E-state index is 5.32. The number of aromatic nitrogens is 4. The van der Waals surface area contributed by atoms with Gasteiger partial charge in [-0.2, -0.15) is 0 Å². The van der Waals surface area contributed by atoms with Crippen molar-refractivity contribution in [3.8, 4) is 67.7 Å². The lowest BCUT2D eigenvalue weighted by atomic mass is 9.97. The third kappa shape index (κ3) is 5.74. The molecule has 0 amide bonds. The minimum Gasteiger partial charge on any atom is -0.247 e. The van der Waals surface area contributed by atoms with Gasteiger partial charge in [0.2, 0.25) is 0 Å². The van der Waals surface area contributed by atoms with Crippen molar-refractivity contribution in [2.45, 2.75) is 0 Å². The van der Waals surface area contributed by atoms with Crippen LogP contribution in [0.25, 0.3) is 98.7 Å². The van der Waals surface area contributed by atoms with E-state index in [1.165, 1.54) is 25.6 Å². The maximum absolute atomic E-state index is 5.32. The summed E-state index contributed by atoms with van der Waals surface area (Å²) in [5, 5.41) is 3.68. The Bertz CT molecular complexity index is 2850. The van der Waals surface area contributed by atoms with Gasteiger partial charge in [-0.1, -0.05) is 170 Å². The van der Waals surface area contributed by atoms with Crippen LogP contribution in [0.2, 0.25) is 0 Å². The van der Waals surface area contributed by atoms with Gasteiger partial charge in [0.25, 0.3) is 0 Å². The van der Waals surface area contributed by atoms with Gasteiger partial charge in [0, 0.05) is 47.8 Å². The lowest BCUT2D eigenvalue weighted by molar-refractivity contribution is 1.07. The monoisotopic (exact) mass is 694 g/mol. The standard InChI is InChI=1S/C48H30N4S/c1-4-12-34(13-5-1)44-43-40-18-10-11-19-42(40)53-45(43)39-29-28-38(30-41(39)49-44)33-22-20-31(21-23-33)32-24-26-37(27-25-32)48-51-46(35-14-6-2-7-15-35)50-47(52-48)36-16-8-3-9-17-36/h1-30H. The normalized spacial score (nSPS) is 11.4. The van der Waals surface area contributed by atoms with Crippen LogP contribution in [0, 0.1) is 0 Å². The van der Waals surface area contributed by atoms with E-state index in [9.17, 15) is 0 Å². The summed E-state index contributed by atoms with van der Waals surface area (Å²) in [5.74, 6) is 1.96. The molecule has 0 spiro atoms. The van der Waals surface area contributed by atoms with Gasteiger partial charge >= 0.3 is 0 Å². The van der Waals surface area contributed by atoms with E-state index >= 15 is 0 Å². The number of benzene rings is 7. The summed E-state index contributed by atoms with van der Waals surface area (Å²) in [5.41, 5.74) is 10.6. The van der Waals surface area contributed by atoms with Crippen molar-refractivity contribution >= 4 is 42.4 Å². The Kier molecular flexibility index (Phi) is 7.63. The molecule has 0 radical (unpaired) electrons. The molecule has 0 aliphatic carbocycles. The fourth-order valence-corrected chi connectivity index (χ4v) is 8.29. The average Bonchev–Trinajstić information content (AvgIpc) is 3.64. The summed E-state index contributed by atoms with van der Waals surface area (Å²) >= 11 is 1.85. The highest BCUT2D eigenvalue weighted by Gasteiger charge is 2.17. The Balaban J connectivity index is 0.982. The van der Waals surface area contributed by atoms with Crippen LogP contribution in [0.5, 0.6) is 0 Å². The molecular formula is C48H30N4S. The number of pyridine rings is 1. The summed E-state index contributed by atoms with van der Waals surface area (Å²) in [6.45, 7) is 0. The van der Waals surface area contributed by atoms with Gasteiger partial charge in [0.1, 0.15) is 0 Å². The largest absolute Gasteiger partial charge is 0.247 e. The second-order valence-corrected chi connectivity index (χ2v) is 14.1. The third-order valence-electron chi connectivity index (χ3n) is 9.75. The summed E-state index contributed by atoms with van der Waals surface area (Å²) in [6, 6.07) is 63.3. The minimum absolute atomic E-state index is 0.646. The van der Waals surface area contributed by atoms with E-state index in [1.54, 1.807) is 0 Å². The molecule has 0 fully saturated rings. The smallest absolute Gasteiger partial charge is 0.164 e. The first kappa shape index (κ1) is 31.0. The summed E-state index contributed by atoms with van der Waals surface area (Å²) < 4.78 is 2.56. The highest BCUT2D eigenvalue weighted by Crippen LogP contribution is 2.43. The molecule has 0 saturated carbocycles. The highest BCUT2D eigenvalue weighted by atomic mass is 32.1. The molecule has 248 valence electrons. The van der Waals surface area contributed by atoms with Gasteiger partial charge in [0.15, 0.2) is 17.5 Å². The third-order valence-corrected chi connectivity index (χ3v) is 11.0. The Morgan fingerprint density at radius 3 is 1.32 bits per heavy atom. The van der Waals surface area contributed by atoms with Crippen LogP contribution >= 0.6 is 11.3 Å². The van der Waals surface area contributed by atoms with Crippen molar-refractivity contribution in [1.82, 2.24) is 19.9 Å². The number of hydrogen-bond acceptors (Lipinski definition) is 5. The molecule has 0 atom stereocenters. The lowest BCUT2D eigenvalue weighted by Crippen LogP contribution is -2.00. The zero-order valence-electron chi connectivity index (χ0n) is 28.5. The van der Waals surface area contributed by atoms with Crippen LogP contribution in [0.3, 0.4) is 0 Å². The first-order valence-corrected chi connectivity index (χ1v) is 18.5. The first-order chi connectivity index (χ1) is 26.2. The summed E-state index contributed by atoms with van der Waals surface area (Å²) in [4.78, 5) is 19.9. The van der Waals surface area contributed by atoms with E-state index in [2.05, 4.69) is 121 Å². The molecule has 0 aliphatic rings. The van der Waals surface area contributed by atoms with E-state index in [0.29, 0.717) is 17.5 Å². The predicted octanol–water partition coefficient (Wildman–Crippen LogP) is 12.8. The van der Waals surface area contributed by atoms with Crippen LogP contribution in [0.4, 0.5) is 0 Å². The minimum atomic E-state index is 0.646. The van der Waals surface area contributed by atoms with Gasteiger partial charge < -0.3 is 0 Å². The van der Waals surface area contributed by atoms with Crippen LogP contribution in [0.1, 0.15) is 0 Å². The molecule has 3 aromatic heterocycles. The van der Waals surface area contributed by atoms with E-state index < -0.39 is 0 Å². The first-order valence-electron chi connectivity index (χ1n) is 17.6. The molecule has 5 heteroatoms. The van der Waals surface area contributed by atoms with Crippen molar-refractivity contribution in [2.24, 2.45) is 0 Å². The molecular weight excluding hydrogens is 665 g/mol. The number of hydrogen-bond donors (Lipinski definition) is 0. The summed E-state index contributed by atoms with van der Waals surface area (Å²) in [7, 11) is 0. The SMILES string of the molecule is c1ccc(-c2nc(-c3ccccc3)nc(-c3ccc(-c4ccc(-c5ccc6c(c5)nc(-c5ccccc5)c5c7ccccc7sc65)cc4)cc3)n2)cc1. The lowest BCUT2D eigenvalue weighted by Gasteiger charge is -2.10. The number of fused-ring (bicyclic) bond motifs is 5. The maximum Gasteiger partial charge on any atom is 0.164 e. The molecule has 4 nitrogen and oxygen atoms in total. The van der Waals surface area contributed by atoms with Crippen molar-refractivity contribution in [3.63, 3.8) is 0 Å². The molecule has 0 N–H and O–H groups in total. The van der Waals surface area contributed by atoms with Crippen LogP contribution in [-0.4, -0.2) is 19.9 Å². The predicted molar refractivity (Wildman–Crippen MR) is 221 cm³/mol. The van der Waals surface area contributed by atoms with Gasteiger partial charge in [-0.15, -0.1) is 11.3 Å². The van der Waals surface area contributed by atoms with Crippen molar-refractivity contribution < 1.29 is 0 Å². The topological polar surface area (TPSA) is 51.6 Å². The molecule has 53 heavy (non-hydrogen) atoms. The average molecular weight is 695 g/mol. The molecule has 0 bridgehead atoms. The molecule has 3 heterocycles. The van der Waals surface area contributed by atoms with Crippen molar-refractivity contribution in [1.29, 1.82) is 0 Å². The highest BCUT2D eigenvalue weighted by molar-refractivity contribution is 7.26. The number of thiophene rings is 1. The van der Waals surface area contributed by atoms with Crippen LogP contribution in [0.15, 0.2) is 182 Å². The molecule has 10 rings (SSSR count). The Morgan fingerprint density at radius 2 is 0.755 bits per heavy atom. The van der Waals surface area contributed by atoms with Crippen LogP contribution in [-0.2, 0) is 0 Å². The molecule has 10 aromatic rings. The Labute approximate surface area is 310 Å².